The first-order chi connectivity index (χ1) is 19.2. The third-order valence-electron chi connectivity index (χ3n) is 6.55. The summed E-state index contributed by atoms with van der Waals surface area (Å²) in [7, 11) is 0. The van der Waals surface area contributed by atoms with E-state index in [0.29, 0.717) is 11.1 Å². The molecule has 41 heavy (non-hydrogen) atoms. The van der Waals surface area contributed by atoms with Gasteiger partial charge < -0.3 is 30.3 Å². The number of carbonyl (C=O) groups is 5. The van der Waals surface area contributed by atoms with E-state index in [1.165, 1.54) is 21.9 Å². The Labute approximate surface area is 237 Å². The highest BCUT2D eigenvalue weighted by atomic mass is 19.1. The normalized spacial score (nSPS) is 18.6. The van der Waals surface area contributed by atoms with Crippen LogP contribution < -0.4 is 11.1 Å². The maximum absolute atomic E-state index is 14.1. The molecule has 1 saturated heterocycles. The van der Waals surface area contributed by atoms with Gasteiger partial charge in [0.15, 0.2) is 0 Å². The van der Waals surface area contributed by atoms with Gasteiger partial charge in [-0.05, 0) is 38.5 Å². The van der Waals surface area contributed by atoms with Crippen molar-refractivity contribution >= 4 is 29.9 Å². The summed E-state index contributed by atoms with van der Waals surface area (Å²) in [5.41, 5.74) is 5.77. The van der Waals surface area contributed by atoms with Gasteiger partial charge in [-0.3, -0.25) is 19.3 Å². The quantitative estimate of drug-likeness (QED) is 0.338. The number of carbonyl (C=O) groups excluding carboxylic acids is 5. The summed E-state index contributed by atoms with van der Waals surface area (Å²) in [6.45, 7) is 11.7. The SMILES string of the molecule is C=CCN(C[C@H](NC(=O)OC(C)(C)C)C(=O)N1C[C@H](OC(=O)N2Cc3cccc(F)c3C2)CC1C(N)=O)C(=O)C=C. The molecule has 3 atom stereocenters. The number of primary amides is 1. The number of nitrogens with one attached hydrogen (secondary N) is 1. The lowest BCUT2D eigenvalue weighted by Crippen LogP contribution is -2.57. The Kier molecular flexibility index (Phi) is 9.74. The second-order valence-corrected chi connectivity index (χ2v) is 10.8. The molecular weight excluding hydrogens is 537 g/mol. The predicted octanol–water partition coefficient (Wildman–Crippen LogP) is 1.83. The van der Waals surface area contributed by atoms with Crippen LogP contribution in [-0.2, 0) is 36.9 Å². The number of benzene rings is 1. The van der Waals surface area contributed by atoms with Crippen LogP contribution in [0.3, 0.4) is 0 Å². The van der Waals surface area contributed by atoms with Crippen LogP contribution in [0, 0.1) is 5.82 Å². The number of hydrogen-bond acceptors (Lipinski definition) is 7. The first-order valence-electron chi connectivity index (χ1n) is 13.1. The van der Waals surface area contributed by atoms with Gasteiger partial charge in [-0.25, -0.2) is 14.0 Å². The van der Waals surface area contributed by atoms with E-state index in [-0.39, 0.29) is 39.1 Å². The van der Waals surface area contributed by atoms with Crippen molar-refractivity contribution in [3.63, 3.8) is 0 Å². The number of nitrogens with two attached hydrogens (primary N) is 1. The molecule has 5 amide bonds. The summed E-state index contributed by atoms with van der Waals surface area (Å²) < 4.78 is 25.0. The Hall–Kier alpha value is -4.42. The molecule has 2 aliphatic rings. The Balaban J connectivity index is 1.77. The molecule has 0 aromatic heterocycles. The first kappa shape index (κ1) is 31.1. The van der Waals surface area contributed by atoms with E-state index >= 15 is 0 Å². The molecule has 1 aromatic rings. The Morgan fingerprint density at radius 2 is 1.93 bits per heavy atom. The molecule has 1 aromatic carbocycles. The number of rotatable bonds is 9. The molecule has 12 nitrogen and oxygen atoms in total. The molecule has 3 N–H and O–H groups in total. The number of alkyl carbamates (subject to hydrolysis) is 1. The van der Waals surface area contributed by atoms with Crippen LogP contribution >= 0.6 is 0 Å². The molecule has 222 valence electrons. The maximum atomic E-state index is 14.1. The first-order valence-corrected chi connectivity index (χ1v) is 13.1. The fourth-order valence-corrected chi connectivity index (χ4v) is 4.72. The van der Waals surface area contributed by atoms with Crippen molar-refractivity contribution in [2.75, 3.05) is 19.6 Å². The van der Waals surface area contributed by atoms with Gasteiger partial charge in [0.05, 0.1) is 19.6 Å². The fraction of sp³-hybridized carbons (Fsp3) is 0.464. The van der Waals surface area contributed by atoms with Crippen LogP contribution in [0.15, 0.2) is 43.5 Å². The van der Waals surface area contributed by atoms with Gasteiger partial charge in [-0.2, -0.15) is 0 Å². The predicted molar refractivity (Wildman–Crippen MR) is 145 cm³/mol. The average molecular weight is 574 g/mol. The van der Waals surface area contributed by atoms with Crippen molar-refractivity contribution in [1.82, 2.24) is 20.0 Å². The molecule has 0 bridgehead atoms. The molecule has 1 fully saturated rings. The number of amides is 5. The van der Waals surface area contributed by atoms with E-state index in [2.05, 4.69) is 18.5 Å². The topological polar surface area (TPSA) is 152 Å². The van der Waals surface area contributed by atoms with Crippen molar-refractivity contribution in [3.8, 4) is 0 Å². The number of hydrogen-bond donors (Lipinski definition) is 2. The molecular formula is C28H36FN5O7. The van der Waals surface area contributed by atoms with Crippen LogP contribution in [-0.4, -0.2) is 88.0 Å². The largest absolute Gasteiger partial charge is 0.444 e. The van der Waals surface area contributed by atoms with Gasteiger partial charge in [-0.1, -0.05) is 24.8 Å². The second-order valence-electron chi connectivity index (χ2n) is 10.8. The molecule has 1 unspecified atom stereocenters. The van der Waals surface area contributed by atoms with Crippen molar-refractivity contribution in [1.29, 1.82) is 0 Å². The summed E-state index contributed by atoms with van der Waals surface area (Å²) in [6.07, 6.45) is -0.142. The Morgan fingerprint density at radius 3 is 2.51 bits per heavy atom. The van der Waals surface area contributed by atoms with Crippen LogP contribution in [0.5, 0.6) is 0 Å². The number of nitrogens with zero attached hydrogens (tertiary/aromatic N) is 3. The van der Waals surface area contributed by atoms with Gasteiger partial charge in [0.1, 0.15) is 29.6 Å². The summed E-state index contributed by atoms with van der Waals surface area (Å²) in [6, 6.07) is 2.09. The fourth-order valence-electron chi connectivity index (χ4n) is 4.72. The van der Waals surface area contributed by atoms with E-state index in [1.54, 1.807) is 32.9 Å². The molecule has 0 aliphatic carbocycles. The lowest BCUT2D eigenvalue weighted by molar-refractivity contribution is -0.140. The molecule has 0 spiro atoms. The van der Waals surface area contributed by atoms with Crippen LogP contribution in [0.4, 0.5) is 14.0 Å². The monoisotopic (exact) mass is 573 g/mol. The minimum Gasteiger partial charge on any atom is -0.444 e. The molecule has 0 saturated carbocycles. The maximum Gasteiger partial charge on any atom is 0.410 e. The van der Waals surface area contributed by atoms with Crippen molar-refractivity contribution in [2.45, 2.75) is 64.1 Å². The summed E-state index contributed by atoms with van der Waals surface area (Å²) in [5.74, 6) is -2.52. The third-order valence-corrected chi connectivity index (χ3v) is 6.55. The molecule has 0 radical (unpaired) electrons. The molecule has 13 heteroatoms. The standard InChI is InChI=1S/C28H36FN5O7/c1-6-11-32(23(35)7-2)16-21(31-26(38)41-28(3,4)5)25(37)34-14-18(12-22(34)24(30)36)40-27(39)33-13-17-9-8-10-20(29)19(17)15-33/h6-10,18,21-22H,1-2,11-16H2,3-5H3,(H2,30,36)(H,31,38)/t18-,21+,22?/m1/s1. The highest BCUT2D eigenvalue weighted by Gasteiger charge is 2.44. The summed E-state index contributed by atoms with van der Waals surface area (Å²) >= 11 is 0. The van der Waals surface area contributed by atoms with Gasteiger partial charge >= 0.3 is 12.2 Å². The zero-order valence-electron chi connectivity index (χ0n) is 23.4. The van der Waals surface area contributed by atoms with Crippen molar-refractivity contribution in [2.24, 2.45) is 5.73 Å². The van der Waals surface area contributed by atoms with E-state index in [0.717, 1.165) is 11.0 Å². The Morgan fingerprint density at radius 1 is 1.22 bits per heavy atom. The van der Waals surface area contributed by atoms with Gasteiger partial charge in [0, 0.05) is 25.1 Å². The zero-order chi connectivity index (χ0) is 30.5. The summed E-state index contributed by atoms with van der Waals surface area (Å²) in [5, 5.41) is 2.47. The van der Waals surface area contributed by atoms with Gasteiger partial charge in [-0.15, -0.1) is 6.58 Å². The van der Waals surface area contributed by atoms with Crippen LogP contribution in [0.2, 0.25) is 0 Å². The van der Waals surface area contributed by atoms with Crippen molar-refractivity contribution < 1.29 is 37.8 Å². The number of halogens is 1. The number of fused-ring (bicyclic) bond motifs is 1. The molecule has 3 rings (SSSR count). The van der Waals surface area contributed by atoms with Crippen molar-refractivity contribution in [3.05, 3.63) is 60.5 Å². The Bertz CT molecular complexity index is 1230. The number of likely N-dealkylation sites (tertiary alicyclic amines) is 1. The minimum absolute atomic E-state index is 0.0216. The minimum atomic E-state index is -1.35. The lowest BCUT2D eigenvalue weighted by Gasteiger charge is -2.31. The highest BCUT2D eigenvalue weighted by Crippen LogP contribution is 2.28. The highest BCUT2D eigenvalue weighted by molar-refractivity contribution is 5.93. The van der Waals surface area contributed by atoms with E-state index in [1.807, 2.05) is 0 Å². The smallest absolute Gasteiger partial charge is 0.410 e. The third kappa shape index (κ3) is 7.83. The molecule has 2 heterocycles. The lowest BCUT2D eigenvalue weighted by atomic mass is 10.1. The van der Waals surface area contributed by atoms with Crippen LogP contribution in [0.1, 0.15) is 38.3 Å². The average Bonchev–Trinajstić information content (AvgIpc) is 3.51. The van der Waals surface area contributed by atoms with Crippen LogP contribution in [0.25, 0.3) is 0 Å². The number of ether oxygens (including phenoxy) is 2. The zero-order valence-corrected chi connectivity index (χ0v) is 23.4. The molecule has 2 aliphatic heterocycles. The van der Waals surface area contributed by atoms with E-state index in [9.17, 15) is 28.4 Å². The van der Waals surface area contributed by atoms with Gasteiger partial charge in [0.25, 0.3) is 0 Å². The summed E-state index contributed by atoms with van der Waals surface area (Å²) in [4.78, 5) is 67.7. The van der Waals surface area contributed by atoms with E-state index in [4.69, 9.17) is 15.2 Å². The second kappa shape index (κ2) is 12.8. The van der Waals surface area contributed by atoms with Gasteiger partial charge in [0.2, 0.25) is 17.7 Å². The van der Waals surface area contributed by atoms with E-state index < -0.39 is 59.5 Å².